The van der Waals surface area contributed by atoms with E-state index in [1.807, 2.05) is 7.05 Å². The van der Waals surface area contributed by atoms with Crippen LogP contribution in [0.4, 0.5) is 0 Å². The van der Waals surface area contributed by atoms with Gasteiger partial charge in [-0.1, -0.05) is 0 Å². The summed E-state index contributed by atoms with van der Waals surface area (Å²) in [6, 6.07) is 0.297. The first kappa shape index (κ1) is 10.7. The number of nitrogens with zero attached hydrogens (tertiary/aromatic N) is 3. The van der Waals surface area contributed by atoms with Gasteiger partial charge < -0.3 is 4.90 Å². The minimum absolute atomic E-state index is 0.0625. The van der Waals surface area contributed by atoms with Gasteiger partial charge in [0.15, 0.2) is 0 Å². The van der Waals surface area contributed by atoms with Crippen molar-refractivity contribution in [2.75, 3.05) is 7.05 Å². The smallest absolute Gasteiger partial charge is 0.293 e. The molecule has 0 aliphatic heterocycles. The largest absolute Gasteiger partial charge is 0.336 e. The Hall–Kier alpha value is -1.39. The zero-order valence-corrected chi connectivity index (χ0v) is 10.3. The van der Waals surface area contributed by atoms with E-state index in [1.54, 1.807) is 4.90 Å². The molecule has 1 amide bonds. The van der Waals surface area contributed by atoms with Crippen molar-refractivity contribution in [1.29, 1.82) is 0 Å². The summed E-state index contributed by atoms with van der Waals surface area (Å²) in [5.74, 6) is 2.32. The Kier molecular flexibility index (Phi) is 2.42. The van der Waals surface area contributed by atoms with Gasteiger partial charge in [0.2, 0.25) is 5.82 Å². The molecular weight excluding hydrogens is 216 g/mol. The minimum atomic E-state index is -0.0625. The summed E-state index contributed by atoms with van der Waals surface area (Å²) in [4.78, 5) is 18.2. The molecule has 17 heavy (non-hydrogen) atoms. The van der Waals surface area contributed by atoms with Crippen molar-refractivity contribution in [3.05, 3.63) is 11.6 Å². The molecule has 0 aromatic carbocycles. The van der Waals surface area contributed by atoms with Gasteiger partial charge in [-0.2, -0.15) is 0 Å². The van der Waals surface area contributed by atoms with Gasteiger partial charge in [0.05, 0.1) is 0 Å². The molecule has 2 aliphatic carbocycles. The molecule has 0 spiro atoms. The summed E-state index contributed by atoms with van der Waals surface area (Å²) in [6.45, 7) is 2.10. The first-order chi connectivity index (χ1) is 8.16. The second-order valence-electron chi connectivity index (χ2n) is 5.31. The molecule has 1 atom stereocenters. The van der Waals surface area contributed by atoms with Crippen LogP contribution in [-0.2, 0) is 0 Å². The van der Waals surface area contributed by atoms with Crippen molar-refractivity contribution >= 4 is 5.91 Å². The fourth-order valence-electron chi connectivity index (χ4n) is 2.15. The van der Waals surface area contributed by atoms with Gasteiger partial charge in [0.25, 0.3) is 5.91 Å². The van der Waals surface area contributed by atoms with Crippen LogP contribution in [0.5, 0.6) is 0 Å². The van der Waals surface area contributed by atoms with Crippen LogP contribution in [-0.4, -0.2) is 39.1 Å². The van der Waals surface area contributed by atoms with Crippen LogP contribution in [0.3, 0.4) is 0 Å². The second kappa shape index (κ2) is 3.82. The number of hydrogen-bond donors (Lipinski definition) is 1. The lowest BCUT2D eigenvalue weighted by molar-refractivity contribution is 0.0715. The van der Waals surface area contributed by atoms with E-state index in [9.17, 15) is 4.79 Å². The third-order valence-electron chi connectivity index (χ3n) is 3.89. The third-order valence-corrected chi connectivity index (χ3v) is 3.89. The van der Waals surface area contributed by atoms with Crippen molar-refractivity contribution in [2.24, 2.45) is 5.92 Å². The molecule has 5 nitrogen and oxygen atoms in total. The van der Waals surface area contributed by atoms with Gasteiger partial charge in [-0.05, 0) is 38.5 Å². The zero-order chi connectivity index (χ0) is 12.0. The Bertz CT molecular complexity index is 433. The van der Waals surface area contributed by atoms with E-state index in [0.29, 0.717) is 23.7 Å². The number of carbonyl (C=O) groups is 1. The van der Waals surface area contributed by atoms with E-state index in [-0.39, 0.29) is 5.91 Å². The van der Waals surface area contributed by atoms with Crippen LogP contribution >= 0.6 is 0 Å². The maximum atomic E-state index is 12.2. The Labute approximate surface area is 101 Å². The highest BCUT2D eigenvalue weighted by molar-refractivity contribution is 5.90. The maximum absolute atomic E-state index is 12.2. The highest BCUT2D eigenvalue weighted by atomic mass is 16.2. The normalized spacial score (nSPS) is 21.3. The van der Waals surface area contributed by atoms with E-state index < -0.39 is 0 Å². The highest BCUT2D eigenvalue weighted by Crippen LogP contribution is 2.38. The van der Waals surface area contributed by atoms with E-state index in [4.69, 9.17) is 0 Å². The van der Waals surface area contributed by atoms with Crippen molar-refractivity contribution < 1.29 is 4.79 Å². The predicted octanol–water partition coefficient (Wildman–Crippen LogP) is 1.55. The summed E-state index contributed by atoms with van der Waals surface area (Å²) in [7, 11) is 1.85. The Morgan fingerprint density at radius 3 is 2.71 bits per heavy atom. The molecule has 0 bridgehead atoms. The van der Waals surface area contributed by atoms with Gasteiger partial charge in [-0.15, -0.1) is 5.10 Å². The summed E-state index contributed by atoms with van der Waals surface area (Å²) in [6.07, 6.45) is 4.80. The quantitative estimate of drug-likeness (QED) is 0.859. The number of amides is 1. The highest BCUT2D eigenvalue weighted by Gasteiger charge is 2.34. The number of nitrogens with one attached hydrogen (secondary N) is 1. The van der Waals surface area contributed by atoms with Crippen molar-refractivity contribution in [2.45, 2.75) is 44.6 Å². The molecule has 5 heteroatoms. The molecule has 1 aromatic heterocycles. The number of H-pyrrole nitrogens is 1. The summed E-state index contributed by atoms with van der Waals surface area (Å²) < 4.78 is 0. The number of aromatic nitrogens is 3. The first-order valence-corrected chi connectivity index (χ1v) is 6.36. The monoisotopic (exact) mass is 234 g/mol. The van der Waals surface area contributed by atoms with E-state index in [1.165, 1.54) is 12.8 Å². The lowest BCUT2D eigenvalue weighted by Crippen LogP contribution is -2.37. The molecule has 0 radical (unpaired) electrons. The molecule has 2 aliphatic rings. The van der Waals surface area contributed by atoms with E-state index in [0.717, 1.165) is 18.7 Å². The SMILES string of the molecule is CC(C1CC1)N(C)C(=O)c1n[nH]c(C2CC2)n1. The fourth-order valence-corrected chi connectivity index (χ4v) is 2.15. The Morgan fingerprint density at radius 2 is 2.12 bits per heavy atom. The molecule has 3 rings (SSSR count). The average Bonchev–Trinajstić information content (AvgIpc) is 3.24. The van der Waals surface area contributed by atoms with Crippen LogP contribution in [0.25, 0.3) is 0 Å². The molecular formula is C12H18N4O. The molecule has 1 unspecified atom stereocenters. The average molecular weight is 234 g/mol. The second-order valence-corrected chi connectivity index (χ2v) is 5.31. The number of carbonyl (C=O) groups excluding carboxylic acids is 1. The minimum Gasteiger partial charge on any atom is -0.336 e. The number of aromatic amines is 1. The van der Waals surface area contributed by atoms with Crippen molar-refractivity contribution in [3.8, 4) is 0 Å². The zero-order valence-electron chi connectivity index (χ0n) is 10.3. The molecule has 1 heterocycles. The summed E-state index contributed by atoms with van der Waals surface area (Å²) in [5.41, 5.74) is 0. The van der Waals surface area contributed by atoms with E-state index in [2.05, 4.69) is 22.1 Å². The van der Waals surface area contributed by atoms with Crippen LogP contribution in [0.1, 0.15) is 55.0 Å². The van der Waals surface area contributed by atoms with Gasteiger partial charge in [-0.25, -0.2) is 4.98 Å². The lowest BCUT2D eigenvalue weighted by atomic mass is 10.2. The van der Waals surface area contributed by atoms with E-state index >= 15 is 0 Å². The number of rotatable bonds is 4. The summed E-state index contributed by atoms with van der Waals surface area (Å²) in [5, 5.41) is 6.91. The molecule has 2 fully saturated rings. The van der Waals surface area contributed by atoms with Crippen LogP contribution in [0, 0.1) is 5.92 Å². The molecule has 2 saturated carbocycles. The topological polar surface area (TPSA) is 61.9 Å². The van der Waals surface area contributed by atoms with Crippen molar-refractivity contribution in [1.82, 2.24) is 20.1 Å². The summed E-state index contributed by atoms with van der Waals surface area (Å²) >= 11 is 0. The lowest BCUT2D eigenvalue weighted by Gasteiger charge is -2.23. The van der Waals surface area contributed by atoms with Gasteiger partial charge in [0, 0.05) is 19.0 Å². The van der Waals surface area contributed by atoms with Crippen LogP contribution < -0.4 is 0 Å². The molecule has 92 valence electrons. The van der Waals surface area contributed by atoms with Gasteiger partial charge >= 0.3 is 0 Å². The maximum Gasteiger partial charge on any atom is 0.293 e. The molecule has 1 aromatic rings. The van der Waals surface area contributed by atoms with Gasteiger partial charge in [-0.3, -0.25) is 9.89 Å². The van der Waals surface area contributed by atoms with Crippen LogP contribution in [0.15, 0.2) is 0 Å². The van der Waals surface area contributed by atoms with Gasteiger partial charge in [0.1, 0.15) is 5.82 Å². The van der Waals surface area contributed by atoms with Crippen LogP contribution in [0.2, 0.25) is 0 Å². The predicted molar refractivity (Wildman–Crippen MR) is 62.6 cm³/mol. The molecule has 1 N–H and O–H groups in total. The standard InChI is InChI=1S/C12H18N4O/c1-7(8-3-4-8)16(2)12(17)11-13-10(14-15-11)9-5-6-9/h7-9H,3-6H2,1-2H3,(H,13,14,15). The Balaban J connectivity index is 1.70. The fraction of sp³-hybridized carbons (Fsp3) is 0.750. The third kappa shape index (κ3) is 2.06. The number of hydrogen-bond acceptors (Lipinski definition) is 3. The Morgan fingerprint density at radius 1 is 1.41 bits per heavy atom. The first-order valence-electron chi connectivity index (χ1n) is 6.36. The van der Waals surface area contributed by atoms with Crippen molar-refractivity contribution in [3.63, 3.8) is 0 Å². The molecule has 0 saturated heterocycles.